The maximum Gasteiger partial charge on any atom is 0.303 e. The Morgan fingerprint density at radius 1 is 1.47 bits per heavy atom. The first-order valence-corrected chi connectivity index (χ1v) is 7.21. The summed E-state index contributed by atoms with van der Waals surface area (Å²) < 4.78 is 14.0. The van der Waals surface area contributed by atoms with E-state index >= 15 is 0 Å². The lowest BCUT2D eigenvalue weighted by Crippen LogP contribution is -2.35. The van der Waals surface area contributed by atoms with Crippen molar-refractivity contribution in [3.8, 4) is 0 Å². The maximum atomic E-state index is 13.3. The zero-order valence-electron chi connectivity index (χ0n) is 10.6. The molecule has 5 heteroatoms. The van der Waals surface area contributed by atoms with Crippen molar-refractivity contribution in [3.63, 3.8) is 0 Å². The lowest BCUT2D eigenvalue weighted by atomic mass is 9.94. The highest BCUT2D eigenvalue weighted by Gasteiger charge is 2.22. The van der Waals surface area contributed by atoms with Crippen molar-refractivity contribution >= 4 is 21.9 Å². The quantitative estimate of drug-likeness (QED) is 0.921. The summed E-state index contributed by atoms with van der Waals surface area (Å²) in [4.78, 5) is 13.0. The first-order chi connectivity index (χ1) is 9.02. The van der Waals surface area contributed by atoms with E-state index in [2.05, 4.69) is 20.8 Å². The number of carboxylic acids is 1. The number of benzene rings is 1. The molecule has 1 fully saturated rings. The van der Waals surface area contributed by atoms with Crippen LogP contribution >= 0.6 is 15.9 Å². The number of likely N-dealkylation sites (tertiary alicyclic amines) is 1. The van der Waals surface area contributed by atoms with Crippen LogP contribution < -0.4 is 0 Å². The molecule has 0 aromatic heterocycles. The Kier molecular flexibility index (Phi) is 4.93. The minimum absolute atomic E-state index is 0.211. The van der Waals surface area contributed by atoms with Crippen molar-refractivity contribution in [2.45, 2.75) is 25.8 Å². The topological polar surface area (TPSA) is 40.5 Å². The van der Waals surface area contributed by atoms with Crippen LogP contribution in [0.5, 0.6) is 0 Å². The summed E-state index contributed by atoms with van der Waals surface area (Å²) in [5.41, 5.74) is 0.919. The number of carboxylic acid groups (broad SMARTS) is 1. The van der Waals surface area contributed by atoms with Crippen LogP contribution in [0.1, 0.15) is 24.8 Å². The highest BCUT2D eigenvalue weighted by molar-refractivity contribution is 9.10. The van der Waals surface area contributed by atoms with Crippen molar-refractivity contribution in [1.29, 1.82) is 0 Å². The third-order valence-corrected chi connectivity index (χ3v) is 3.85. The fourth-order valence-electron chi connectivity index (χ4n) is 2.67. The van der Waals surface area contributed by atoms with Crippen LogP contribution in [-0.2, 0) is 11.3 Å². The van der Waals surface area contributed by atoms with Gasteiger partial charge in [0.15, 0.2) is 0 Å². The van der Waals surface area contributed by atoms with Crippen molar-refractivity contribution in [2.75, 3.05) is 13.1 Å². The molecule has 0 radical (unpaired) electrons. The van der Waals surface area contributed by atoms with Gasteiger partial charge in [0.2, 0.25) is 0 Å². The van der Waals surface area contributed by atoms with E-state index in [-0.39, 0.29) is 18.2 Å². The van der Waals surface area contributed by atoms with Gasteiger partial charge in [-0.25, -0.2) is 4.39 Å². The van der Waals surface area contributed by atoms with Gasteiger partial charge < -0.3 is 5.11 Å². The Labute approximate surface area is 120 Å². The molecule has 1 unspecified atom stereocenters. The highest BCUT2D eigenvalue weighted by Crippen LogP contribution is 2.22. The molecule has 1 atom stereocenters. The third kappa shape index (κ3) is 4.58. The van der Waals surface area contributed by atoms with Crippen molar-refractivity contribution in [3.05, 3.63) is 34.1 Å². The van der Waals surface area contributed by atoms with Crippen molar-refractivity contribution in [1.82, 2.24) is 4.90 Å². The molecule has 0 spiro atoms. The van der Waals surface area contributed by atoms with Crippen LogP contribution in [0.4, 0.5) is 4.39 Å². The van der Waals surface area contributed by atoms with E-state index in [1.165, 1.54) is 12.1 Å². The van der Waals surface area contributed by atoms with Crippen LogP contribution in [0.15, 0.2) is 22.7 Å². The Morgan fingerprint density at radius 2 is 2.26 bits per heavy atom. The molecule has 1 saturated heterocycles. The Bertz CT molecular complexity index is 447. The molecule has 1 aromatic rings. The molecule has 19 heavy (non-hydrogen) atoms. The fourth-order valence-corrected chi connectivity index (χ4v) is 3.18. The number of halogens is 2. The van der Waals surface area contributed by atoms with Gasteiger partial charge in [-0.3, -0.25) is 9.69 Å². The van der Waals surface area contributed by atoms with Crippen LogP contribution in [0, 0.1) is 11.7 Å². The molecular weight excluding hydrogens is 313 g/mol. The number of hydrogen-bond donors (Lipinski definition) is 1. The number of carbonyl (C=O) groups is 1. The molecule has 0 saturated carbocycles. The van der Waals surface area contributed by atoms with E-state index in [0.29, 0.717) is 6.54 Å². The first kappa shape index (κ1) is 14.5. The summed E-state index contributed by atoms with van der Waals surface area (Å²) in [5.74, 6) is -0.771. The Balaban J connectivity index is 1.96. The van der Waals surface area contributed by atoms with Crippen LogP contribution in [0.25, 0.3) is 0 Å². The van der Waals surface area contributed by atoms with E-state index in [0.717, 1.165) is 36.0 Å². The maximum absolute atomic E-state index is 13.3. The minimum Gasteiger partial charge on any atom is -0.481 e. The predicted molar refractivity (Wildman–Crippen MR) is 74.4 cm³/mol. The lowest BCUT2D eigenvalue weighted by molar-refractivity contribution is -0.138. The van der Waals surface area contributed by atoms with E-state index in [1.54, 1.807) is 0 Å². The van der Waals surface area contributed by atoms with Crippen molar-refractivity contribution < 1.29 is 14.3 Å². The smallest absolute Gasteiger partial charge is 0.303 e. The van der Waals surface area contributed by atoms with Gasteiger partial charge in [-0.2, -0.15) is 0 Å². The number of hydrogen-bond acceptors (Lipinski definition) is 2. The Morgan fingerprint density at radius 3 is 2.95 bits per heavy atom. The van der Waals surface area contributed by atoms with Crippen LogP contribution in [-0.4, -0.2) is 29.1 Å². The molecule has 1 aromatic carbocycles. The Hall–Kier alpha value is -0.940. The summed E-state index contributed by atoms with van der Waals surface area (Å²) in [6.07, 6.45) is 2.20. The van der Waals surface area contributed by atoms with Gasteiger partial charge in [0, 0.05) is 24.0 Å². The average molecular weight is 330 g/mol. The normalized spacial score (nSPS) is 20.4. The fraction of sp³-hybridized carbons (Fsp3) is 0.500. The number of aliphatic carboxylic acids is 1. The molecule has 1 aliphatic heterocycles. The number of rotatable bonds is 4. The average Bonchev–Trinajstić information content (AvgIpc) is 2.26. The number of nitrogens with zero attached hydrogens (tertiary/aromatic N) is 1. The van der Waals surface area contributed by atoms with Gasteiger partial charge in [0.1, 0.15) is 5.82 Å². The second kappa shape index (κ2) is 6.48. The third-order valence-electron chi connectivity index (χ3n) is 3.39. The SMILES string of the molecule is O=C(O)CC1CCCN(Cc2cc(F)cc(Br)c2)C1. The van der Waals surface area contributed by atoms with Gasteiger partial charge in [0.25, 0.3) is 0 Å². The summed E-state index contributed by atoms with van der Waals surface area (Å²) in [7, 11) is 0. The summed E-state index contributed by atoms with van der Waals surface area (Å²) in [6, 6.07) is 4.88. The predicted octanol–water partition coefficient (Wildman–Crippen LogP) is 3.27. The molecule has 1 aliphatic rings. The van der Waals surface area contributed by atoms with Crippen LogP contribution in [0.2, 0.25) is 0 Å². The van der Waals surface area contributed by atoms with E-state index < -0.39 is 5.97 Å². The molecule has 3 nitrogen and oxygen atoms in total. The molecule has 0 aliphatic carbocycles. The van der Waals surface area contributed by atoms with Gasteiger partial charge in [-0.1, -0.05) is 15.9 Å². The molecule has 2 rings (SSSR count). The van der Waals surface area contributed by atoms with E-state index in [4.69, 9.17) is 5.11 Å². The van der Waals surface area contributed by atoms with Gasteiger partial charge >= 0.3 is 5.97 Å². The molecule has 0 amide bonds. The molecule has 0 bridgehead atoms. The van der Waals surface area contributed by atoms with E-state index in [9.17, 15) is 9.18 Å². The zero-order chi connectivity index (χ0) is 13.8. The zero-order valence-corrected chi connectivity index (χ0v) is 12.2. The summed E-state index contributed by atoms with van der Waals surface area (Å²) in [5, 5.41) is 8.84. The second-order valence-corrected chi connectivity index (χ2v) is 6.03. The number of piperidine rings is 1. The summed E-state index contributed by atoms with van der Waals surface area (Å²) >= 11 is 3.29. The molecular formula is C14H17BrFNO2. The monoisotopic (exact) mass is 329 g/mol. The first-order valence-electron chi connectivity index (χ1n) is 6.42. The molecule has 1 N–H and O–H groups in total. The van der Waals surface area contributed by atoms with E-state index in [1.807, 2.05) is 6.07 Å². The summed E-state index contributed by atoms with van der Waals surface area (Å²) in [6.45, 7) is 2.40. The highest BCUT2D eigenvalue weighted by atomic mass is 79.9. The van der Waals surface area contributed by atoms with Gasteiger partial charge in [-0.05, 0) is 49.1 Å². The lowest BCUT2D eigenvalue weighted by Gasteiger charge is -2.32. The molecule has 1 heterocycles. The molecule has 104 valence electrons. The van der Waals surface area contributed by atoms with Gasteiger partial charge in [-0.15, -0.1) is 0 Å². The van der Waals surface area contributed by atoms with Gasteiger partial charge in [0.05, 0.1) is 0 Å². The largest absolute Gasteiger partial charge is 0.481 e. The van der Waals surface area contributed by atoms with Crippen molar-refractivity contribution in [2.24, 2.45) is 5.92 Å². The second-order valence-electron chi connectivity index (χ2n) is 5.12. The standard InChI is InChI=1S/C14H17BrFNO2/c15-12-4-11(5-13(16)7-12)9-17-3-1-2-10(8-17)6-14(18)19/h4-5,7,10H,1-3,6,8-9H2,(H,18,19). The van der Waals surface area contributed by atoms with Crippen LogP contribution in [0.3, 0.4) is 0 Å². The minimum atomic E-state index is -0.736.